The molecule has 4 heteroatoms. The molecule has 2 saturated carbocycles. The molecule has 124 valence electrons. The lowest BCUT2D eigenvalue weighted by Gasteiger charge is -2.64. The highest BCUT2D eigenvalue weighted by molar-refractivity contribution is 5.38. The van der Waals surface area contributed by atoms with Gasteiger partial charge >= 0.3 is 0 Å². The molecule has 4 nitrogen and oxygen atoms in total. The minimum Gasteiger partial charge on any atom is -0.377 e. The van der Waals surface area contributed by atoms with Crippen LogP contribution in [-0.4, -0.2) is 42.9 Å². The molecule has 2 aliphatic carbocycles. The summed E-state index contributed by atoms with van der Waals surface area (Å²) < 4.78 is 6.05. The van der Waals surface area contributed by atoms with E-state index >= 15 is 0 Å². The molecule has 0 amide bonds. The van der Waals surface area contributed by atoms with Crippen LogP contribution in [0.1, 0.15) is 38.5 Å². The minimum atomic E-state index is 0.513. The van der Waals surface area contributed by atoms with Gasteiger partial charge in [-0.3, -0.25) is 0 Å². The first-order chi connectivity index (χ1) is 11.4. The van der Waals surface area contributed by atoms with Crippen molar-refractivity contribution in [2.24, 2.45) is 11.3 Å². The van der Waals surface area contributed by atoms with Crippen LogP contribution in [0.5, 0.6) is 0 Å². The highest BCUT2D eigenvalue weighted by Gasteiger charge is 2.66. The predicted molar refractivity (Wildman–Crippen MR) is 90.5 cm³/mol. The van der Waals surface area contributed by atoms with Gasteiger partial charge in [0, 0.05) is 49.3 Å². The third-order valence-electron chi connectivity index (χ3n) is 6.92. The van der Waals surface area contributed by atoms with E-state index in [9.17, 15) is 0 Å². The van der Waals surface area contributed by atoms with Gasteiger partial charge in [-0.15, -0.1) is 0 Å². The van der Waals surface area contributed by atoms with Crippen molar-refractivity contribution in [2.45, 2.75) is 56.7 Å². The summed E-state index contributed by atoms with van der Waals surface area (Å²) in [7, 11) is 0. The van der Waals surface area contributed by atoms with E-state index in [0.717, 1.165) is 37.5 Å². The van der Waals surface area contributed by atoms with Crippen molar-refractivity contribution in [2.75, 3.05) is 24.6 Å². The topological polar surface area (TPSA) is 37.4 Å². The third-order valence-corrected chi connectivity index (χ3v) is 6.92. The number of nitrogens with one attached hydrogen (secondary N) is 1. The lowest BCUT2D eigenvalue weighted by atomic mass is 9.46. The van der Waals surface area contributed by atoms with Gasteiger partial charge in [0.25, 0.3) is 0 Å². The molecule has 1 N–H and O–H groups in total. The molecule has 4 aliphatic rings. The van der Waals surface area contributed by atoms with Crippen LogP contribution in [0.2, 0.25) is 0 Å². The number of pyridine rings is 1. The average Bonchev–Trinajstić information content (AvgIpc) is 2.98. The maximum absolute atomic E-state index is 6.05. The van der Waals surface area contributed by atoms with Crippen molar-refractivity contribution in [3.8, 4) is 0 Å². The Kier molecular flexibility index (Phi) is 3.37. The second-order valence-corrected chi connectivity index (χ2v) is 7.92. The SMILES string of the molecule is c1ccc(N2CCC(N[C@@H]3[C@H]4CCO[C@H]4C34CCC4)CC2)nc1. The van der Waals surface area contributed by atoms with Crippen LogP contribution in [0.4, 0.5) is 5.82 Å². The number of nitrogens with zero attached hydrogens (tertiary/aromatic N) is 2. The van der Waals surface area contributed by atoms with E-state index < -0.39 is 0 Å². The smallest absolute Gasteiger partial charge is 0.128 e. The zero-order valence-electron chi connectivity index (χ0n) is 13.8. The second kappa shape index (κ2) is 5.45. The Hall–Kier alpha value is -1.13. The van der Waals surface area contributed by atoms with Crippen LogP contribution in [0, 0.1) is 11.3 Å². The zero-order chi connectivity index (χ0) is 15.3. The van der Waals surface area contributed by atoms with Gasteiger partial charge in [0.1, 0.15) is 5.82 Å². The number of ether oxygens (including phenoxy) is 1. The summed E-state index contributed by atoms with van der Waals surface area (Å²) in [6, 6.07) is 7.62. The molecule has 0 bridgehead atoms. The third kappa shape index (κ3) is 2.14. The van der Waals surface area contributed by atoms with Crippen molar-refractivity contribution in [3.05, 3.63) is 24.4 Å². The zero-order valence-corrected chi connectivity index (χ0v) is 13.8. The molecule has 3 atom stereocenters. The Bertz CT molecular complexity index is 551. The molecule has 4 fully saturated rings. The Morgan fingerprint density at radius 3 is 2.74 bits per heavy atom. The van der Waals surface area contributed by atoms with Gasteiger partial charge in [-0.05, 0) is 44.2 Å². The summed E-state index contributed by atoms with van der Waals surface area (Å²) in [5, 5.41) is 4.06. The van der Waals surface area contributed by atoms with Gasteiger partial charge in [0.15, 0.2) is 0 Å². The van der Waals surface area contributed by atoms with Gasteiger partial charge in [-0.1, -0.05) is 12.5 Å². The maximum atomic E-state index is 6.05. The van der Waals surface area contributed by atoms with Crippen molar-refractivity contribution in [1.29, 1.82) is 0 Å². The standard InChI is InChI=1S/C19H27N3O/c1-2-10-20-16(4-1)22-11-5-14(6-12-22)21-17-15-7-13-23-18(15)19(17)8-3-9-19/h1-2,4,10,14-15,17-18,21H,3,5-9,11-13H2/t15-,17-,18-/m1/s1. The second-order valence-electron chi connectivity index (χ2n) is 7.92. The first-order valence-electron chi connectivity index (χ1n) is 9.40. The summed E-state index contributed by atoms with van der Waals surface area (Å²) >= 11 is 0. The van der Waals surface area contributed by atoms with Crippen molar-refractivity contribution < 1.29 is 4.74 Å². The van der Waals surface area contributed by atoms with E-state index in [4.69, 9.17) is 4.74 Å². The van der Waals surface area contributed by atoms with Crippen LogP contribution < -0.4 is 10.2 Å². The van der Waals surface area contributed by atoms with E-state index in [1.165, 1.54) is 38.5 Å². The van der Waals surface area contributed by atoms with E-state index in [1.54, 1.807) is 0 Å². The van der Waals surface area contributed by atoms with Crippen LogP contribution in [-0.2, 0) is 4.74 Å². The fraction of sp³-hybridized carbons (Fsp3) is 0.737. The maximum Gasteiger partial charge on any atom is 0.128 e. The molecule has 2 aliphatic heterocycles. The van der Waals surface area contributed by atoms with Crippen LogP contribution in [0.15, 0.2) is 24.4 Å². The lowest BCUT2D eigenvalue weighted by Crippen LogP contribution is -2.72. The Morgan fingerprint density at radius 2 is 2.04 bits per heavy atom. The summed E-state index contributed by atoms with van der Waals surface area (Å²) in [6.45, 7) is 3.24. The van der Waals surface area contributed by atoms with Crippen molar-refractivity contribution in [3.63, 3.8) is 0 Å². The fourth-order valence-corrected chi connectivity index (χ4v) is 5.56. The molecule has 0 aromatic carbocycles. The molecular formula is C19H27N3O. The monoisotopic (exact) mass is 313 g/mol. The first kappa shape index (κ1) is 14.2. The van der Waals surface area contributed by atoms with Crippen LogP contribution in [0.3, 0.4) is 0 Å². The van der Waals surface area contributed by atoms with Gasteiger partial charge in [-0.2, -0.15) is 0 Å². The number of anilines is 1. The van der Waals surface area contributed by atoms with Crippen LogP contribution in [0.25, 0.3) is 0 Å². The molecule has 1 aromatic heterocycles. The Morgan fingerprint density at radius 1 is 1.17 bits per heavy atom. The molecule has 3 heterocycles. The van der Waals surface area contributed by atoms with Gasteiger partial charge in [0.2, 0.25) is 0 Å². The van der Waals surface area contributed by atoms with E-state index in [-0.39, 0.29) is 0 Å². The molecular weight excluding hydrogens is 286 g/mol. The minimum absolute atomic E-state index is 0.513. The molecule has 0 radical (unpaired) electrons. The van der Waals surface area contributed by atoms with Gasteiger partial charge < -0.3 is 15.0 Å². The molecule has 1 aromatic rings. The number of rotatable bonds is 3. The van der Waals surface area contributed by atoms with Crippen LogP contribution >= 0.6 is 0 Å². The van der Waals surface area contributed by atoms with Gasteiger partial charge in [-0.25, -0.2) is 4.98 Å². The summed E-state index contributed by atoms with van der Waals surface area (Å²) in [4.78, 5) is 6.92. The Labute approximate surface area is 138 Å². The number of fused-ring (bicyclic) bond motifs is 2. The number of piperidine rings is 1. The molecule has 2 saturated heterocycles. The van der Waals surface area contributed by atoms with E-state index in [0.29, 0.717) is 17.6 Å². The summed E-state index contributed by atoms with van der Waals surface area (Å²) in [6.07, 6.45) is 10.4. The summed E-state index contributed by atoms with van der Waals surface area (Å²) in [5.41, 5.74) is 0.513. The number of hydrogen-bond donors (Lipinski definition) is 1. The average molecular weight is 313 g/mol. The number of aromatic nitrogens is 1. The summed E-state index contributed by atoms with van der Waals surface area (Å²) in [5.74, 6) is 1.93. The van der Waals surface area contributed by atoms with Gasteiger partial charge in [0.05, 0.1) is 6.10 Å². The normalized spacial score (nSPS) is 35.7. The molecule has 1 spiro atoms. The van der Waals surface area contributed by atoms with E-state index in [1.807, 2.05) is 12.3 Å². The van der Waals surface area contributed by atoms with Crippen molar-refractivity contribution in [1.82, 2.24) is 10.3 Å². The first-order valence-corrected chi connectivity index (χ1v) is 9.40. The highest BCUT2D eigenvalue weighted by atomic mass is 16.5. The lowest BCUT2D eigenvalue weighted by molar-refractivity contribution is -0.178. The molecule has 5 rings (SSSR count). The van der Waals surface area contributed by atoms with Crippen molar-refractivity contribution >= 4 is 5.82 Å². The highest BCUT2D eigenvalue weighted by Crippen LogP contribution is 2.62. The quantitative estimate of drug-likeness (QED) is 0.931. The largest absolute Gasteiger partial charge is 0.377 e. The fourth-order valence-electron chi connectivity index (χ4n) is 5.56. The number of hydrogen-bond acceptors (Lipinski definition) is 4. The molecule has 23 heavy (non-hydrogen) atoms. The van der Waals surface area contributed by atoms with E-state index in [2.05, 4.69) is 27.3 Å². The Balaban J connectivity index is 1.20. The molecule has 0 unspecified atom stereocenters. The predicted octanol–water partition coefficient (Wildman–Crippen LogP) is 2.60.